The van der Waals surface area contributed by atoms with Crippen LogP contribution in [0.4, 0.5) is 0 Å². The second-order valence-electron chi connectivity index (χ2n) is 26.0. The SMILES string of the molecule is CC(C)C[C@@H]1NC(=O)[C@H](CCCN)NC(=O)[C@H](C(C)C)NC(=O)[C@@H]2CCCN2C(=O)[C@@H](Cc2cccc3ccccc23)NC(=O)[C@H](CC(C)C)NC(=O)[C@H](CCCN)NC(=O)[C@H](C(C)C)NC(=O)[C@@H]2CCCN2C(=O)[C@@H](Cc2cccc3ccccc23)NC1=O. The fraction of sp³-hybridized carbons (Fsp3) is 0.559. The molecule has 488 valence electrons. The summed E-state index contributed by atoms with van der Waals surface area (Å²) in [6, 6.07) is 14.5. The van der Waals surface area contributed by atoms with Crippen molar-refractivity contribution in [1.29, 1.82) is 0 Å². The minimum Gasteiger partial charge on any atom is -0.343 e. The molecule has 0 saturated carbocycles. The van der Waals surface area contributed by atoms with Gasteiger partial charge in [0.25, 0.3) is 0 Å². The third-order valence-corrected chi connectivity index (χ3v) is 17.3. The Hall–Kier alpha value is -7.98. The Morgan fingerprint density at radius 3 is 1.09 bits per heavy atom. The Bertz CT molecular complexity index is 2990. The molecule has 10 amide bonds. The van der Waals surface area contributed by atoms with Gasteiger partial charge in [-0.2, -0.15) is 0 Å². The van der Waals surface area contributed by atoms with Gasteiger partial charge in [-0.05, 0) is 134 Å². The molecule has 3 saturated heterocycles. The number of nitrogens with zero attached hydrogens (tertiary/aromatic N) is 2. The standard InChI is InChI=1S/C68H96N12O10/c1-39(2)35-51-61(83)75-53(37-45-23-13-21-43-19-9-11-25-47(43)45)67(89)79-33-17-29-55(79)63(85)78-58(42(7)8)66(88)72-50(28-16-32-70)60(82)74-52(36-40(3)4)62(84)76-54(38-46-24-14-22-44-20-10-12-26-48(44)46)68(90)80-34-18-30-56(80)64(86)77-57(41(5)6)65(87)71-49(27-15-31-69)59(81)73-51/h9-14,19-26,39-42,49-58H,15-18,27-38,69-70H2,1-8H3,(H,71,87)(H,72,88)(H,73,81)(H,74,82)(H,75,83)(H,76,84)(H,77,86)(H,78,85)/t49-,50-,51-,52-,53+,54+,55-,56-,57-,58-/m0/s1. The number of hydrogen-bond donors (Lipinski definition) is 10. The van der Waals surface area contributed by atoms with E-state index in [1.54, 1.807) is 27.7 Å². The number of amides is 10. The first-order valence-electron chi connectivity index (χ1n) is 32.4. The zero-order valence-electron chi connectivity index (χ0n) is 53.6. The summed E-state index contributed by atoms with van der Waals surface area (Å²) in [6.45, 7) is 15.1. The quantitative estimate of drug-likeness (QED) is 0.0771. The van der Waals surface area contributed by atoms with Crippen LogP contribution in [0, 0.1) is 23.7 Å². The van der Waals surface area contributed by atoms with Crippen LogP contribution in [0.3, 0.4) is 0 Å². The number of benzene rings is 4. The van der Waals surface area contributed by atoms with Crippen LogP contribution in [0.15, 0.2) is 84.9 Å². The van der Waals surface area contributed by atoms with Gasteiger partial charge >= 0.3 is 0 Å². The lowest BCUT2D eigenvalue weighted by Crippen LogP contribution is -2.62. The fourth-order valence-electron chi connectivity index (χ4n) is 12.6. The predicted molar refractivity (Wildman–Crippen MR) is 345 cm³/mol. The summed E-state index contributed by atoms with van der Waals surface area (Å²) < 4.78 is 0. The van der Waals surface area contributed by atoms with Crippen LogP contribution in [0.25, 0.3) is 21.5 Å². The van der Waals surface area contributed by atoms with Crippen molar-refractivity contribution in [2.24, 2.45) is 35.1 Å². The van der Waals surface area contributed by atoms with Gasteiger partial charge in [-0.25, -0.2) is 0 Å². The van der Waals surface area contributed by atoms with E-state index in [4.69, 9.17) is 11.5 Å². The Labute approximate surface area is 529 Å². The molecule has 0 aromatic heterocycles. The molecule has 0 radical (unpaired) electrons. The molecule has 7 rings (SSSR count). The third kappa shape index (κ3) is 18.1. The van der Waals surface area contributed by atoms with E-state index in [-0.39, 0.29) is 89.4 Å². The number of fused-ring (bicyclic) bond motifs is 4. The normalized spacial score (nSPS) is 25.4. The van der Waals surface area contributed by atoms with Crippen LogP contribution in [0.1, 0.15) is 131 Å². The number of rotatable bonds is 16. The molecular formula is C68H96N12O10. The van der Waals surface area contributed by atoms with Gasteiger partial charge in [-0.1, -0.05) is 140 Å². The maximum absolute atomic E-state index is 15.3. The van der Waals surface area contributed by atoms with E-state index in [1.165, 1.54) is 9.80 Å². The highest BCUT2D eigenvalue weighted by atomic mass is 16.2. The zero-order valence-corrected chi connectivity index (χ0v) is 53.6. The predicted octanol–water partition coefficient (Wildman–Crippen LogP) is 3.53. The van der Waals surface area contributed by atoms with E-state index in [9.17, 15) is 38.4 Å². The van der Waals surface area contributed by atoms with E-state index in [2.05, 4.69) is 42.5 Å². The molecule has 3 fully saturated rings. The summed E-state index contributed by atoms with van der Waals surface area (Å²) in [5.74, 6) is -7.89. The Morgan fingerprint density at radius 2 is 0.733 bits per heavy atom. The van der Waals surface area contributed by atoms with Crippen molar-refractivity contribution >= 4 is 80.6 Å². The van der Waals surface area contributed by atoms with Crippen LogP contribution < -0.4 is 54.0 Å². The lowest BCUT2D eigenvalue weighted by atomic mass is 9.96. The molecule has 12 N–H and O–H groups in total. The highest BCUT2D eigenvalue weighted by Gasteiger charge is 2.44. The van der Waals surface area contributed by atoms with Gasteiger partial charge in [-0.3, -0.25) is 47.9 Å². The molecule has 3 aliphatic rings. The van der Waals surface area contributed by atoms with Crippen LogP contribution in [0.5, 0.6) is 0 Å². The lowest BCUT2D eigenvalue weighted by Gasteiger charge is -2.33. The maximum Gasteiger partial charge on any atom is 0.246 e. The maximum atomic E-state index is 15.3. The smallest absolute Gasteiger partial charge is 0.246 e. The minimum atomic E-state index is -1.26. The first-order chi connectivity index (χ1) is 43.0. The highest BCUT2D eigenvalue weighted by Crippen LogP contribution is 2.27. The second-order valence-corrected chi connectivity index (χ2v) is 26.0. The minimum absolute atomic E-state index is 0.00195. The van der Waals surface area contributed by atoms with Crippen molar-refractivity contribution in [3.8, 4) is 0 Å². The van der Waals surface area contributed by atoms with Crippen molar-refractivity contribution in [2.75, 3.05) is 26.2 Å². The summed E-state index contributed by atoms with van der Waals surface area (Å²) in [6.07, 6.45) is 2.26. The number of carbonyl (C=O) groups excluding carboxylic acids is 10. The zero-order chi connectivity index (χ0) is 65.3. The topological polar surface area (TPSA) is 325 Å². The highest BCUT2D eigenvalue weighted by molar-refractivity contribution is 6.01. The van der Waals surface area contributed by atoms with Gasteiger partial charge < -0.3 is 63.8 Å². The monoisotopic (exact) mass is 1240 g/mol. The van der Waals surface area contributed by atoms with E-state index in [0.29, 0.717) is 25.7 Å². The number of hydrogen-bond acceptors (Lipinski definition) is 12. The molecule has 3 heterocycles. The van der Waals surface area contributed by atoms with Crippen molar-refractivity contribution < 1.29 is 47.9 Å². The fourth-order valence-corrected chi connectivity index (χ4v) is 12.6. The summed E-state index contributed by atoms with van der Waals surface area (Å²) >= 11 is 0. The number of carbonyl (C=O) groups is 10. The first kappa shape index (κ1) is 69.5. The van der Waals surface area contributed by atoms with Gasteiger partial charge in [0.05, 0.1) is 0 Å². The average Bonchev–Trinajstić information content (AvgIpc) is 2.85. The van der Waals surface area contributed by atoms with Crippen molar-refractivity contribution in [3.05, 3.63) is 96.1 Å². The van der Waals surface area contributed by atoms with Gasteiger partial charge in [0.15, 0.2) is 0 Å². The number of nitrogens with one attached hydrogen (secondary N) is 8. The molecule has 0 aliphatic carbocycles. The molecule has 10 atom stereocenters. The summed E-state index contributed by atoms with van der Waals surface area (Å²) in [4.78, 5) is 151. The third-order valence-electron chi connectivity index (χ3n) is 17.3. The van der Waals surface area contributed by atoms with Gasteiger partial charge in [-0.15, -0.1) is 0 Å². The van der Waals surface area contributed by atoms with Crippen molar-refractivity contribution in [1.82, 2.24) is 52.3 Å². The molecule has 90 heavy (non-hydrogen) atoms. The van der Waals surface area contributed by atoms with Gasteiger partial charge in [0.2, 0.25) is 59.1 Å². The second kappa shape index (κ2) is 32.7. The van der Waals surface area contributed by atoms with Gasteiger partial charge in [0.1, 0.15) is 60.4 Å². The molecule has 0 unspecified atom stereocenters. The van der Waals surface area contributed by atoms with E-state index in [0.717, 1.165) is 32.7 Å². The van der Waals surface area contributed by atoms with E-state index < -0.39 is 131 Å². The van der Waals surface area contributed by atoms with Crippen molar-refractivity contribution in [3.63, 3.8) is 0 Å². The summed E-state index contributed by atoms with van der Waals surface area (Å²) in [7, 11) is 0. The largest absolute Gasteiger partial charge is 0.343 e. The molecule has 22 nitrogen and oxygen atoms in total. The van der Waals surface area contributed by atoms with Crippen LogP contribution in [0.2, 0.25) is 0 Å². The Balaban J connectivity index is 1.29. The number of nitrogens with two attached hydrogens (primary N) is 2. The summed E-state index contributed by atoms with van der Waals surface area (Å²) in [5, 5.41) is 26.7. The van der Waals surface area contributed by atoms with Crippen LogP contribution >= 0.6 is 0 Å². The van der Waals surface area contributed by atoms with Gasteiger partial charge in [0, 0.05) is 25.9 Å². The van der Waals surface area contributed by atoms with E-state index >= 15 is 9.59 Å². The first-order valence-corrected chi connectivity index (χ1v) is 32.4. The molecule has 4 aromatic rings. The molecule has 4 aromatic carbocycles. The van der Waals surface area contributed by atoms with Crippen LogP contribution in [-0.2, 0) is 60.8 Å². The molecular weight excluding hydrogens is 1140 g/mol. The summed E-state index contributed by atoms with van der Waals surface area (Å²) in [5.41, 5.74) is 13.4. The Morgan fingerprint density at radius 1 is 0.400 bits per heavy atom. The molecule has 0 spiro atoms. The molecule has 3 aliphatic heterocycles. The molecule has 22 heteroatoms. The van der Waals surface area contributed by atoms with Crippen molar-refractivity contribution in [2.45, 2.75) is 193 Å². The van der Waals surface area contributed by atoms with Crippen LogP contribution in [-0.4, -0.2) is 155 Å². The lowest BCUT2D eigenvalue weighted by molar-refractivity contribution is -0.143. The average molecular weight is 1240 g/mol. The van der Waals surface area contributed by atoms with E-state index in [1.807, 2.05) is 113 Å². The Kier molecular flexibility index (Phi) is 25.2. The molecule has 0 bridgehead atoms.